The molecule has 0 amide bonds. The summed E-state index contributed by atoms with van der Waals surface area (Å²) in [5, 5.41) is 8.72. The number of ether oxygens (including phenoxy) is 1. The van der Waals surface area contributed by atoms with Crippen molar-refractivity contribution in [2.75, 3.05) is 12.4 Å². The maximum Gasteiger partial charge on any atom is 0.416 e. The molecule has 4 rings (SSSR count). The lowest BCUT2D eigenvalue weighted by atomic mass is 9.95. The van der Waals surface area contributed by atoms with Crippen LogP contribution in [0.5, 0.6) is 5.75 Å². The van der Waals surface area contributed by atoms with Gasteiger partial charge in [-0.2, -0.15) is 13.2 Å². The fourth-order valence-electron chi connectivity index (χ4n) is 3.71. The molecule has 0 aliphatic heterocycles. The zero-order chi connectivity index (χ0) is 26.3. The van der Waals surface area contributed by atoms with E-state index in [1.165, 1.54) is 12.1 Å². The first-order valence-electron chi connectivity index (χ1n) is 11.4. The maximum absolute atomic E-state index is 13.1. The molecule has 0 saturated heterocycles. The van der Waals surface area contributed by atoms with Crippen LogP contribution in [0.15, 0.2) is 114 Å². The van der Waals surface area contributed by atoms with Crippen LogP contribution >= 0.6 is 11.8 Å². The summed E-state index contributed by atoms with van der Waals surface area (Å²) in [7, 11) is 0. The first-order valence-corrected chi connectivity index (χ1v) is 12.4. The summed E-state index contributed by atoms with van der Waals surface area (Å²) in [6.45, 7) is -0.408. The van der Waals surface area contributed by atoms with Crippen LogP contribution in [-0.4, -0.2) is 23.4 Å². The molecule has 0 heterocycles. The molecule has 0 fully saturated rings. The van der Waals surface area contributed by atoms with E-state index in [1.54, 1.807) is 23.9 Å². The lowest BCUT2D eigenvalue weighted by molar-refractivity contribution is -0.139. The molecule has 0 unspecified atom stereocenters. The SMILES string of the molecule is O=C(O)COc1ccc(SCC=C(c2ccc(-c3ccccc3)cc2)c2ccc(C(F)(F)F)cc2)cc1. The molecule has 3 nitrogen and oxygen atoms in total. The summed E-state index contributed by atoms with van der Waals surface area (Å²) in [6, 6.07) is 30.2. The van der Waals surface area contributed by atoms with Gasteiger partial charge in [-0.15, -0.1) is 11.8 Å². The zero-order valence-corrected chi connectivity index (χ0v) is 20.4. The van der Waals surface area contributed by atoms with Crippen LogP contribution in [0.3, 0.4) is 0 Å². The number of carbonyl (C=O) groups is 1. The van der Waals surface area contributed by atoms with Crippen LogP contribution in [0.2, 0.25) is 0 Å². The number of hydrogen-bond acceptors (Lipinski definition) is 3. The van der Waals surface area contributed by atoms with Gasteiger partial charge in [-0.05, 0) is 64.2 Å². The number of carboxylic acid groups (broad SMARTS) is 1. The third-order valence-electron chi connectivity index (χ3n) is 5.55. The number of thioether (sulfide) groups is 1. The van der Waals surface area contributed by atoms with E-state index in [0.29, 0.717) is 17.1 Å². The van der Waals surface area contributed by atoms with E-state index < -0.39 is 24.3 Å². The molecule has 0 saturated carbocycles. The molecular formula is C30H23F3O3S. The van der Waals surface area contributed by atoms with Crippen LogP contribution in [0.4, 0.5) is 13.2 Å². The van der Waals surface area contributed by atoms with Crippen molar-refractivity contribution in [1.29, 1.82) is 0 Å². The maximum atomic E-state index is 13.1. The number of carboxylic acids is 1. The van der Waals surface area contributed by atoms with Gasteiger partial charge in [-0.1, -0.05) is 72.8 Å². The Hall–Kier alpha value is -3.97. The van der Waals surface area contributed by atoms with E-state index >= 15 is 0 Å². The van der Waals surface area contributed by atoms with Gasteiger partial charge in [0.25, 0.3) is 0 Å². The standard InChI is InChI=1S/C30H23F3O3S/c31-30(32,33)25-12-10-24(11-13-25)28(23-8-6-22(7-9-23)21-4-2-1-3-5-21)18-19-37-27-16-14-26(15-17-27)36-20-29(34)35/h1-18H,19-20H2,(H,34,35). The summed E-state index contributed by atoms with van der Waals surface area (Å²) < 4.78 is 44.5. The van der Waals surface area contributed by atoms with Gasteiger partial charge in [0.05, 0.1) is 5.56 Å². The Bertz CT molecular complexity index is 1350. The van der Waals surface area contributed by atoms with Crippen LogP contribution in [0.1, 0.15) is 16.7 Å². The van der Waals surface area contributed by atoms with E-state index in [1.807, 2.05) is 72.8 Å². The molecule has 7 heteroatoms. The first kappa shape index (κ1) is 26.1. The molecule has 4 aromatic rings. The van der Waals surface area contributed by atoms with Crippen molar-refractivity contribution in [3.63, 3.8) is 0 Å². The highest BCUT2D eigenvalue weighted by atomic mass is 32.2. The van der Waals surface area contributed by atoms with Gasteiger partial charge in [0, 0.05) is 10.6 Å². The van der Waals surface area contributed by atoms with Gasteiger partial charge in [-0.3, -0.25) is 0 Å². The van der Waals surface area contributed by atoms with E-state index in [0.717, 1.165) is 39.3 Å². The lowest BCUT2D eigenvalue weighted by Gasteiger charge is -2.12. The number of benzene rings is 4. The summed E-state index contributed by atoms with van der Waals surface area (Å²) >= 11 is 1.55. The topological polar surface area (TPSA) is 46.5 Å². The second-order valence-electron chi connectivity index (χ2n) is 8.10. The predicted molar refractivity (Wildman–Crippen MR) is 141 cm³/mol. The average molecular weight is 521 g/mol. The highest BCUT2D eigenvalue weighted by Gasteiger charge is 2.30. The van der Waals surface area contributed by atoms with E-state index in [4.69, 9.17) is 9.84 Å². The summed E-state index contributed by atoms with van der Waals surface area (Å²) in [5.41, 5.74) is 3.88. The largest absolute Gasteiger partial charge is 0.482 e. The van der Waals surface area contributed by atoms with Crippen LogP contribution in [0.25, 0.3) is 16.7 Å². The van der Waals surface area contributed by atoms with Crippen molar-refractivity contribution in [3.8, 4) is 16.9 Å². The van der Waals surface area contributed by atoms with Crippen LogP contribution < -0.4 is 4.74 Å². The van der Waals surface area contributed by atoms with Crippen molar-refractivity contribution in [3.05, 3.63) is 126 Å². The fourth-order valence-corrected chi connectivity index (χ4v) is 4.48. The minimum Gasteiger partial charge on any atom is -0.482 e. The number of aliphatic carboxylic acids is 1. The summed E-state index contributed by atoms with van der Waals surface area (Å²) in [6.07, 6.45) is -2.39. The van der Waals surface area contributed by atoms with Crippen LogP contribution in [-0.2, 0) is 11.0 Å². The van der Waals surface area contributed by atoms with Gasteiger partial charge < -0.3 is 9.84 Å². The molecule has 1 N–H and O–H groups in total. The fraction of sp³-hybridized carbons (Fsp3) is 0.100. The number of rotatable bonds is 9. The Balaban J connectivity index is 1.56. The first-order chi connectivity index (χ1) is 17.8. The third kappa shape index (κ3) is 7.27. The van der Waals surface area contributed by atoms with Gasteiger partial charge >= 0.3 is 12.1 Å². The Morgan fingerprint density at radius 2 is 1.35 bits per heavy atom. The molecule has 0 spiro atoms. The van der Waals surface area contributed by atoms with Gasteiger partial charge in [0.15, 0.2) is 6.61 Å². The Labute approximate surface area is 217 Å². The second kappa shape index (κ2) is 11.8. The van der Waals surface area contributed by atoms with Gasteiger partial charge in [0.1, 0.15) is 5.75 Å². The molecule has 0 aliphatic rings. The number of alkyl halides is 3. The highest BCUT2D eigenvalue weighted by molar-refractivity contribution is 7.99. The lowest BCUT2D eigenvalue weighted by Crippen LogP contribution is -2.09. The smallest absolute Gasteiger partial charge is 0.416 e. The zero-order valence-electron chi connectivity index (χ0n) is 19.6. The van der Waals surface area contributed by atoms with E-state index in [2.05, 4.69) is 0 Å². The monoisotopic (exact) mass is 520 g/mol. The van der Waals surface area contributed by atoms with Crippen LogP contribution in [0, 0.1) is 0 Å². The number of halogens is 3. The quantitative estimate of drug-likeness (QED) is 0.227. The molecule has 4 aromatic carbocycles. The highest BCUT2D eigenvalue weighted by Crippen LogP contribution is 2.33. The van der Waals surface area contributed by atoms with Crippen molar-refractivity contribution in [2.24, 2.45) is 0 Å². The van der Waals surface area contributed by atoms with Gasteiger partial charge in [0.2, 0.25) is 0 Å². The normalized spacial score (nSPS) is 11.8. The van der Waals surface area contributed by atoms with Gasteiger partial charge in [-0.25, -0.2) is 4.79 Å². The van der Waals surface area contributed by atoms with Crippen molar-refractivity contribution in [1.82, 2.24) is 0 Å². The molecular weight excluding hydrogens is 497 g/mol. The Morgan fingerprint density at radius 1 is 0.784 bits per heavy atom. The number of hydrogen-bond donors (Lipinski definition) is 1. The predicted octanol–water partition coefficient (Wildman–Crippen LogP) is 8.06. The van der Waals surface area contributed by atoms with E-state index in [-0.39, 0.29) is 0 Å². The van der Waals surface area contributed by atoms with E-state index in [9.17, 15) is 18.0 Å². The Kier molecular flexibility index (Phi) is 8.36. The molecule has 0 aliphatic carbocycles. The minimum atomic E-state index is -4.39. The Morgan fingerprint density at radius 3 is 1.92 bits per heavy atom. The second-order valence-corrected chi connectivity index (χ2v) is 9.19. The van der Waals surface area contributed by atoms with Crippen molar-refractivity contribution in [2.45, 2.75) is 11.1 Å². The molecule has 37 heavy (non-hydrogen) atoms. The molecule has 0 aromatic heterocycles. The summed E-state index contributed by atoms with van der Waals surface area (Å²) in [5.74, 6) is -0.00557. The van der Waals surface area contributed by atoms with Crippen molar-refractivity contribution >= 4 is 23.3 Å². The molecule has 0 atom stereocenters. The summed E-state index contributed by atoms with van der Waals surface area (Å²) in [4.78, 5) is 11.6. The molecule has 188 valence electrons. The third-order valence-corrected chi connectivity index (χ3v) is 6.49. The molecule has 0 bridgehead atoms. The average Bonchev–Trinajstić information content (AvgIpc) is 2.91. The molecule has 0 radical (unpaired) electrons. The minimum absolute atomic E-state index is 0.408. The van der Waals surface area contributed by atoms with Crippen molar-refractivity contribution < 1.29 is 27.8 Å².